The second kappa shape index (κ2) is 4.99. The highest BCUT2D eigenvalue weighted by Gasteiger charge is 2.05. The summed E-state index contributed by atoms with van der Waals surface area (Å²) in [5.74, 6) is 0.965. The molecule has 2 rings (SSSR count). The van der Waals surface area contributed by atoms with Crippen molar-refractivity contribution in [1.82, 2.24) is 5.32 Å². The van der Waals surface area contributed by atoms with Crippen molar-refractivity contribution in [3.63, 3.8) is 0 Å². The molecule has 0 spiro atoms. The van der Waals surface area contributed by atoms with Gasteiger partial charge in [-0.1, -0.05) is 25.1 Å². The minimum Gasteiger partial charge on any atom is -0.494 e. The average Bonchev–Trinajstić information content (AvgIpc) is 2.80. The van der Waals surface area contributed by atoms with Crippen LogP contribution in [0.25, 0.3) is 5.57 Å². The lowest BCUT2D eigenvalue weighted by atomic mass is 10.1. The molecule has 0 atom stereocenters. The summed E-state index contributed by atoms with van der Waals surface area (Å²) in [6.45, 7) is 4.88. The first-order valence-corrected chi connectivity index (χ1v) is 5.53. The van der Waals surface area contributed by atoms with Crippen molar-refractivity contribution in [2.45, 2.75) is 13.3 Å². The van der Waals surface area contributed by atoms with Crippen molar-refractivity contribution >= 4 is 5.57 Å². The molecule has 0 saturated carbocycles. The Balaban J connectivity index is 2.03. The quantitative estimate of drug-likeness (QED) is 0.811. The molecule has 1 N–H and O–H groups in total. The van der Waals surface area contributed by atoms with Crippen molar-refractivity contribution in [2.75, 3.05) is 19.7 Å². The number of nitrogens with one attached hydrogen (secondary N) is 1. The standard InChI is InChI=1S/C13H17NO/c1-2-9-15-13-5-3-11(4-6-13)12-7-8-14-10-12/h3-7,14H,2,8-10H2,1H3. The highest BCUT2D eigenvalue weighted by Crippen LogP contribution is 2.19. The van der Waals surface area contributed by atoms with Gasteiger partial charge in [0.05, 0.1) is 6.61 Å². The van der Waals surface area contributed by atoms with Gasteiger partial charge in [0.2, 0.25) is 0 Å². The predicted molar refractivity (Wildman–Crippen MR) is 63.1 cm³/mol. The summed E-state index contributed by atoms with van der Waals surface area (Å²) >= 11 is 0. The molecule has 0 bridgehead atoms. The minimum absolute atomic E-state index is 0.795. The van der Waals surface area contributed by atoms with Gasteiger partial charge in [-0.2, -0.15) is 0 Å². The largest absolute Gasteiger partial charge is 0.494 e. The van der Waals surface area contributed by atoms with E-state index in [1.165, 1.54) is 11.1 Å². The molecule has 0 aromatic heterocycles. The van der Waals surface area contributed by atoms with Gasteiger partial charge in [-0.15, -0.1) is 0 Å². The predicted octanol–water partition coefficient (Wildman–Crippen LogP) is 2.46. The Bertz CT molecular complexity index is 340. The molecule has 1 aliphatic heterocycles. The van der Waals surface area contributed by atoms with Crippen molar-refractivity contribution in [1.29, 1.82) is 0 Å². The maximum atomic E-state index is 5.54. The van der Waals surface area contributed by atoms with E-state index in [0.717, 1.165) is 31.9 Å². The van der Waals surface area contributed by atoms with E-state index in [0.29, 0.717) is 0 Å². The van der Waals surface area contributed by atoms with Gasteiger partial charge in [0.15, 0.2) is 0 Å². The summed E-state index contributed by atoms with van der Waals surface area (Å²) in [5, 5.41) is 3.30. The Kier molecular flexibility index (Phi) is 3.41. The first-order chi connectivity index (χ1) is 7.40. The van der Waals surface area contributed by atoms with Crippen LogP contribution in [0.5, 0.6) is 5.75 Å². The number of hydrogen-bond acceptors (Lipinski definition) is 2. The van der Waals surface area contributed by atoms with Crippen molar-refractivity contribution < 1.29 is 4.74 Å². The Morgan fingerprint density at radius 2 is 2.07 bits per heavy atom. The lowest BCUT2D eigenvalue weighted by Crippen LogP contribution is -2.07. The molecule has 1 aromatic carbocycles. The van der Waals surface area contributed by atoms with Crippen molar-refractivity contribution in [3.8, 4) is 5.75 Å². The second-order valence-electron chi connectivity index (χ2n) is 3.73. The highest BCUT2D eigenvalue weighted by atomic mass is 16.5. The smallest absolute Gasteiger partial charge is 0.119 e. The number of benzene rings is 1. The molecule has 0 unspecified atom stereocenters. The molecule has 0 fully saturated rings. The molecule has 1 heterocycles. The summed E-state index contributed by atoms with van der Waals surface area (Å²) in [7, 11) is 0. The zero-order valence-electron chi connectivity index (χ0n) is 9.12. The Hall–Kier alpha value is -1.28. The monoisotopic (exact) mass is 203 g/mol. The molecule has 0 aliphatic carbocycles. The summed E-state index contributed by atoms with van der Waals surface area (Å²) in [6.07, 6.45) is 3.29. The normalized spacial score (nSPS) is 15.1. The zero-order chi connectivity index (χ0) is 10.5. The first kappa shape index (κ1) is 10.2. The summed E-state index contributed by atoms with van der Waals surface area (Å²) in [4.78, 5) is 0. The van der Waals surface area contributed by atoms with Gasteiger partial charge < -0.3 is 10.1 Å². The van der Waals surface area contributed by atoms with Crippen LogP contribution < -0.4 is 10.1 Å². The van der Waals surface area contributed by atoms with Crippen LogP contribution in [0.3, 0.4) is 0 Å². The molecule has 15 heavy (non-hydrogen) atoms. The van der Waals surface area contributed by atoms with Gasteiger partial charge in [-0.05, 0) is 29.7 Å². The van der Waals surface area contributed by atoms with Gasteiger partial charge in [0.1, 0.15) is 5.75 Å². The molecular formula is C13H17NO. The summed E-state index contributed by atoms with van der Waals surface area (Å²) < 4.78 is 5.54. The highest BCUT2D eigenvalue weighted by molar-refractivity contribution is 5.69. The maximum Gasteiger partial charge on any atom is 0.119 e. The van der Waals surface area contributed by atoms with E-state index in [1.54, 1.807) is 0 Å². The fourth-order valence-corrected chi connectivity index (χ4v) is 1.68. The Morgan fingerprint density at radius 3 is 2.67 bits per heavy atom. The third-order valence-corrected chi connectivity index (χ3v) is 2.51. The lowest BCUT2D eigenvalue weighted by Gasteiger charge is -2.06. The van der Waals surface area contributed by atoms with Crippen LogP contribution in [0.2, 0.25) is 0 Å². The zero-order valence-corrected chi connectivity index (χ0v) is 9.12. The van der Waals surface area contributed by atoms with Crippen LogP contribution in [0.1, 0.15) is 18.9 Å². The number of ether oxygens (including phenoxy) is 1. The van der Waals surface area contributed by atoms with Gasteiger partial charge in [-0.25, -0.2) is 0 Å². The minimum atomic E-state index is 0.795. The van der Waals surface area contributed by atoms with Gasteiger partial charge >= 0.3 is 0 Å². The molecule has 1 aliphatic rings. The number of rotatable bonds is 4. The van der Waals surface area contributed by atoms with E-state index < -0.39 is 0 Å². The van der Waals surface area contributed by atoms with E-state index in [2.05, 4.69) is 30.4 Å². The molecular weight excluding hydrogens is 186 g/mol. The van der Waals surface area contributed by atoms with Crippen LogP contribution >= 0.6 is 0 Å². The van der Waals surface area contributed by atoms with Crippen molar-refractivity contribution in [3.05, 3.63) is 35.9 Å². The first-order valence-electron chi connectivity index (χ1n) is 5.53. The topological polar surface area (TPSA) is 21.3 Å². The van der Waals surface area contributed by atoms with Crippen LogP contribution in [-0.2, 0) is 0 Å². The van der Waals surface area contributed by atoms with E-state index in [4.69, 9.17) is 4.74 Å². The van der Waals surface area contributed by atoms with Gasteiger partial charge in [-0.3, -0.25) is 0 Å². The molecule has 1 aromatic rings. The molecule has 2 nitrogen and oxygen atoms in total. The van der Waals surface area contributed by atoms with Crippen LogP contribution in [0.4, 0.5) is 0 Å². The summed E-state index contributed by atoms with van der Waals surface area (Å²) in [6, 6.07) is 8.35. The SMILES string of the molecule is CCCOc1ccc(C2=CCNC2)cc1. The summed E-state index contributed by atoms with van der Waals surface area (Å²) in [5.41, 5.74) is 2.68. The van der Waals surface area contributed by atoms with E-state index in [1.807, 2.05) is 12.1 Å². The molecule has 80 valence electrons. The van der Waals surface area contributed by atoms with Gasteiger partial charge in [0, 0.05) is 13.1 Å². The lowest BCUT2D eigenvalue weighted by molar-refractivity contribution is 0.317. The molecule has 0 radical (unpaired) electrons. The van der Waals surface area contributed by atoms with Crippen LogP contribution in [0.15, 0.2) is 30.3 Å². The van der Waals surface area contributed by atoms with Crippen LogP contribution in [-0.4, -0.2) is 19.7 Å². The third kappa shape index (κ3) is 2.60. The Morgan fingerprint density at radius 1 is 1.27 bits per heavy atom. The third-order valence-electron chi connectivity index (χ3n) is 2.51. The fourth-order valence-electron chi connectivity index (χ4n) is 1.68. The fraction of sp³-hybridized carbons (Fsp3) is 0.385. The molecule has 0 amide bonds. The van der Waals surface area contributed by atoms with Crippen LogP contribution in [0, 0.1) is 0 Å². The molecule has 0 saturated heterocycles. The van der Waals surface area contributed by atoms with E-state index in [-0.39, 0.29) is 0 Å². The average molecular weight is 203 g/mol. The number of hydrogen-bond donors (Lipinski definition) is 1. The maximum absolute atomic E-state index is 5.54. The Labute approximate surface area is 91.0 Å². The van der Waals surface area contributed by atoms with Crippen molar-refractivity contribution in [2.24, 2.45) is 0 Å². The van der Waals surface area contributed by atoms with Gasteiger partial charge in [0.25, 0.3) is 0 Å². The van der Waals surface area contributed by atoms with E-state index >= 15 is 0 Å². The van der Waals surface area contributed by atoms with E-state index in [9.17, 15) is 0 Å². The molecule has 2 heteroatoms. The second-order valence-corrected chi connectivity index (χ2v) is 3.73.